The fourth-order valence-corrected chi connectivity index (χ4v) is 5.55. The Morgan fingerprint density at radius 3 is 2.59 bits per heavy atom. The zero-order valence-electron chi connectivity index (χ0n) is 22.1. The number of urea groups is 1. The molecule has 2 amide bonds. The van der Waals surface area contributed by atoms with Gasteiger partial charge in [-0.1, -0.05) is 0 Å². The lowest BCUT2D eigenvalue weighted by Crippen LogP contribution is -2.54. The summed E-state index contributed by atoms with van der Waals surface area (Å²) in [5.74, 6) is 0.872. The molecule has 1 atom stereocenters. The van der Waals surface area contributed by atoms with E-state index in [9.17, 15) is 10.1 Å². The fraction of sp³-hybridized carbons (Fsp3) is 0.357. The largest absolute Gasteiger partial charge is 0.353 e. The second-order valence-electron chi connectivity index (χ2n) is 9.98. The SMILES string of the molecule is CN=C[C@@H]1CCCN1C(=O)N1CCN(c2ccc(-c3cc(-c4cnn(C)c4)cn4ncc(C#N)c34)cn2)CC1. The number of nitriles is 1. The third-order valence-electron chi connectivity index (χ3n) is 7.57. The van der Waals surface area contributed by atoms with E-state index in [0.717, 1.165) is 66.1 Å². The highest BCUT2D eigenvalue weighted by atomic mass is 16.2. The number of aromatic nitrogens is 5. The summed E-state index contributed by atoms with van der Waals surface area (Å²) in [6.45, 7) is 3.55. The van der Waals surface area contributed by atoms with Crippen molar-refractivity contribution in [1.82, 2.24) is 34.2 Å². The van der Waals surface area contributed by atoms with Gasteiger partial charge in [0.1, 0.15) is 11.9 Å². The van der Waals surface area contributed by atoms with Crippen LogP contribution in [0.5, 0.6) is 0 Å². The number of pyridine rings is 2. The molecule has 0 spiro atoms. The smallest absolute Gasteiger partial charge is 0.320 e. The van der Waals surface area contributed by atoms with Crippen molar-refractivity contribution in [3.8, 4) is 28.3 Å². The number of carbonyl (C=O) groups excluding carboxylic acids is 1. The van der Waals surface area contributed by atoms with Gasteiger partial charge >= 0.3 is 6.03 Å². The van der Waals surface area contributed by atoms with Crippen LogP contribution in [0.25, 0.3) is 27.8 Å². The molecule has 2 saturated heterocycles. The first kappa shape index (κ1) is 24.6. The average molecular weight is 523 g/mol. The summed E-state index contributed by atoms with van der Waals surface area (Å²) < 4.78 is 3.51. The van der Waals surface area contributed by atoms with E-state index in [4.69, 9.17) is 4.98 Å². The Morgan fingerprint density at radius 2 is 1.90 bits per heavy atom. The van der Waals surface area contributed by atoms with Gasteiger partial charge in [-0.15, -0.1) is 0 Å². The summed E-state index contributed by atoms with van der Waals surface area (Å²) in [6.07, 6.45) is 13.0. The Balaban J connectivity index is 1.21. The van der Waals surface area contributed by atoms with Gasteiger partial charge in [-0.2, -0.15) is 15.5 Å². The summed E-state index contributed by atoms with van der Waals surface area (Å²) >= 11 is 0. The van der Waals surface area contributed by atoms with Crippen molar-refractivity contribution in [1.29, 1.82) is 5.26 Å². The molecule has 198 valence electrons. The van der Waals surface area contributed by atoms with Crippen molar-refractivity contribution in [2.75, 3.05) is 44.7 Å². The molecule has 2 aliphatic heterocycles. The number of aryl methyl sites for hydroxylation is 1. The number of piperazine rings is 1. The molecule has 6 heterocycles. The van der Waals surface area contributed by atoms with Crippen LogP contribution in [0.1, 0.15) is 18.4 Å². The number of anilines is 1. The first-order chi connectivity index (χ1) is 19.1. The maximum Gasteiger partial charge on any atom is 0.320 e. The van der Waals surface area contributed by atoms with E-state index in [0.29, 0.717) is 18.7 Å². The van der Waals surface area contributed by atoms with Crippen LogP contribution < -0.4 is 4.90 Å². The lowest BCUT2D eigenvalue weighted by Gasteiger charge is -2.38. The van der Waals surface area contributed by atoms with Gasteiger partial charge in [0.2, 0.25) is 0 Å². The number of rotatable bonds is 4. The van der Waals surface area contributed by atoms with E-state index in [2.05, 4.69) is 32.2 Å². The second-order valence-corrected chi connectivity index (χ2v) is 9.98. The Hall–Kier alpha value is -4.72. The first-order valence-electron chi connectivity index (χ1n) is 13.2. The molecular formula is C28H30N10O. The Morgan fingerprint density at radius 1 is 1.05 bits per heavy atom. The van der Waals surface area contributed by atoms with Crippen molar-refractivity contribution in [2.24, 2.45) is 12.0 Å². The number of likely N-dealkylation sites (tertiary alicyclic amines) is 1. The number of amides is 2. The van der Waals surface area contributed by atoms with Crippen LogP contribution in [0.4, 0.5) is 10.6 Å². The number of aliphatic imine (C=N–C) groups is 1. The molecule has 0 N–H and O–H groups in total. The number of hydrogen-bond acceptors (Lipinski definition) is 7. The third-order valence-corrected chi connectivity index (χ3v) is 7.57. The Kier molecular flexibility index (Phi) is 6.44. The van der Waals surface area contributed by atoms with Gasteiger partial charge in [-0.05, 0) is 31.0 Å². The van der Waals surface area contributed by atoms with Crippen LogP contribution in [0.2, 0.25) is 0 Å². The maximum absolute atomic E-state index is 13.1. The molecule has 0 aliphatic carbocycles. The Bertz CT molecular complexity index is 1570. The predicted octanol–water partition coefficient (Wildman–Crippen LogP) is 3.08. The number of fused-ring (bicyclic) bond motifs is 1. The molecular weight excluding hydrogens is 492 g/mol. The highest BCUT2D eigenvalue weighted by Gasteiger charge is 2.32. The molecule has 0 unspecified atom stereocenters. The highest BCUT2D eigenvalue weighted by molar-refractivity contribution is 5.87. The standard InChI is InChI=1S/C28H30N10O/c1-30-17-24-4-3-7-37(24)28(39)36-10-8-35(9-11-36)26-6-5-20(14-31-26)25-12-21(23-16-32-34(2)18-23)19-38-27(25)22(13-29)15-33-38/h5-6,12,14-19,24H,3-4,7-11H2,1-2H3/t24-/m0/s1. The van der Waals surface area contributed by atoms with Gasteiger partial charge in [0.05, 0.1) is 29.5 Å². The Labute approximate surface area is 226 Å². The lowest BCUT2D eigenvalue weighted by atomic mass is 10.0. The molecule has 0 saturated carbocycles. The van der Waals surface area contributed by atoms with Gasteiger partial charge in [0.25, 0.3) is 0 Å². The molecule has 4 aromatic rings. The van der Waals surface area contributed by atoms with Crippen LogP contribution in [0.15, 0.2) is 54.2 Å². The number of nitrogens with zero attached hydrogens (tertiary/aromatic N) is 10. The van der Waals surface area contributed by atoms with Crippen molar-refractivity contribution < 1.29 is 4.79 Å². The predicted molar refractivity (Wildman–Crippen MR) is 149 cm³/mol. The summed E-state index contributed by atoms with van der Waals surface area (Å²) in [5, 5.41) is 18.4. The summed E-state index contributed by atoms with van der Waals surface area (Å²) in [5.41, 5.74) is 4.97. The minimum atomic E-state index is 0.104. The van der Waals surface area contributed by atoms with Crippen molar-refractivity contribution in [2.45, 2.75) is 18.9 Å². The zero-order chi connectivity index (χ0) is 26.9. The molecule has 0 radical (unpaired) electrons. The van der Waals surface area contributed by atoms with Crippen molar-refractivity contribution >= 4 is 23.6 Å². The van der Waals surface area contributed by atoms with Crippen LogP contribution in [0, 0.1) is 11.3 Å². The van der Waals surface area contributed by atoms with E-state index in [1.807, 2.05) is 60.0 Å². The van der Waals surface area contributed by atoms with Crippen LogP contribution in [-0.2, 0) is 7.05 Å². The van der Waals surface area contributed by atoms with Crippen LogP contribution >= 0.6 is 0 Å². The van der Waals surface area contributed by atoms with Crippen LogP contribution in [0.3, 0.4) is 0 Å². The molecule has 6 rings (SSSR count). The number of hydrogen-bond donors (Lipinski definition) is 0. The van der Waals surface area contributed by atoms with E-state index in [1.54, 1.807) is 22.4 Å². The summed E-state index contributed by atoms with van der Waals surface area (Å²) in [4.78, 5) is 28.1. The molecule has 4 aromatic heterocycles. The minimum absolute atomic E-state index is 0.104. The normalized spacial score (nSPS) is 17.9. The monoisotopic (exact) mass is 522 g/mol. The van der Waals surface area contributed by atoms with E-state index in [1.165, 1.54) is 0 Å². The van der Waals surface area contributed by atoms with Gasteiger partial charge in [-0.3, -0.25) is 9.67 Å². The molecule has 39 heavy (non-hydrogen) atoms. The first-order valence-corrected chi connectivity index (χ1v) is 13.2. The molecule has 0 aromatic carbocycles. The minimum Gasteiger partial charge on any atom is -0.353 e. The van der Waals surface area contributed by atoms with Crippen molar-refractivity contribution in [3.05, 3.63) is 54.7 Å². The van der Waals surface area contributed by atoms with Gasteiger partial charge in [0, 0.05) is 93.9 Å². The zero-order valence-corrected chi connectivity index (χ0v) is 22.1. The fourth-order valence-electron chi connectivity index (χ4n) is 5.55. The molecule has 11 nitrogen and oxygen atoms in total. The molecule has 0 bridgehead atoms. The highest BCUT2D eigenvalue weighted by Crippen LogP contribution is 2.32. The summed E-state index contributed by atoms with van der Waals surface area (Å²) in [7, 11) is 3.64. The molecule has 2 aliphatic rings. The maximum atomic E-state index is 13.1. The third kappa shape index (κ3) is 4.58. The van der Waals surface area contributed by atoms with E-state index >= 15 is 0 Å². The molecule has 2 fully saturated rings. The van der Waals surface area contributed by atoms with Crippen molar-refractivity contribution in [3.63, 3.8) is 0 Å². The van der Waals surface area contributed by atoms with E-state index in [-0.39, 0.29) is 12.1 Å². The quantitative estimate of drug-likeness (QED) is 0.381. The topological polar surface area (TPSA) is 111 Å². The van der Waals surface area contributed by atoms with Gasteiger partial charge < -0.3 is 14.7 Å². The lowest BCUT2D eigenvalue weighted by molar-refractivity contribution is 0.154. The summed E-state index contributed by atoms with van der Waals surface area (Å²) in [6, 6.07) is 8.58. The van der Waals surface area contributed by atoms with Gasteiger partial charge in [-0.25, -0.2) is 14.3 Å². The van der Waals surface area contributed by atoms with E-state index < -0.39 is 0 Å². The van der Waals surface area contributed by atoms with Gasteiger partial charge in [0.15, 0.2) is 0 Å². The number of carbonyl (C=O) groups is 1. The van der Waals surface area contributed by atoms with Crippen LogP contribution in [-0.4, -0.2) is 92.2 Å². The second kappa shape index (κ2) is 10.2. The average Bonchev–Trinajstić information content (AvgIpc) is 3.72. The molecule has 11 heteroatoms.